The van der Waals surface area contributed by atoms with Gasteiger partial charge in [0.2, 0.25) is 5.75 Å². The van der Waals surface area contributed by atoms with Crippen molar-refractivity contribution in [3.05, 3.63) is 57.9 Å². The molecule has 0 unspecified atom stereocenters. The Kier molecular flexibility index (Phi) is 3.20. The summed E-state index contributed by atoms with van der Waals surface area (Å²) in [6.45, 7) is 0. The van der Waals surface area contributed by atoms with Gasteiger partial charge in [0.1, 0.15) is 10.8 Å². The standard InChI is InChI=1S/C11H7ClN2O3/c12-9-4-1-5-10(11(9)14(15)16)17-8-3-2-6-13-7-8/h1-7H. The van der Waals surface area contributed by atoms with Gasteiger partial charge in [-0.3, -0.25) is 15.1 Å². The van der Waals surface area contributed by atoms with E-state index in [1.54, 1.807) is 24.4 Å². The lowest BCUT2D eigenvalue weighted by molar-refractivity contribution is -0.385. The second kappa shape index (κ2) is 4.80. The highest BCUT2D eigenvalue weighted by Gasteiger charge is 2.20. The van der Waals surface area contributed by atoms with E-state index in [4.69, 9.17) is 16.3 Å². The third kappa shape index (κ3) is 2.51. The van der Waals surface area contributed by atoms with Crippen molar-refractivity contribution in [1.82, 2.24) is 4.98 Å². The summed E-state index contributed by atoms with van der Waals surface area (Å²) in [7, 11) is 0. The molecule has 0 aliphatic carbocycles. The number of ether oxygens (including phenoxy) is 1. The van der Waals surface area contributed by atoms with Gasteiger partial charge in [-0.2, -0.15) is 0 Å². The Morgan fingerprint density at radius 3 is 2.76 bits per heavy atom. The van der Waals surface area contributed by atoms with Gasteiger partial charge in [0.25, 0.3) is 0 Å². The number of pyridine rings is 1. The SMILES string of the molecule is O=[N+]([O-])c1c(Cl)cccc1Oc1cccnc1. The smallest absolute Gasteiger partial charge is 0.329 e. The van der Waals surface area contributed by atoms with E-state index in [1.165, 1.54) is 18.3 Å². The summed E-state index contributed by atoms with van der Waals surface area (Å²) in [5, 5.41) is 10.9. The quantitative estimate of drug-likeness (QED) is 0.618. The average molecular weight is 251 g/mol. The van der Waals surface area contributed by atoms with Crippen LogP contribution in [-0.2, 0) is 0 Å². The fraction of sp³-hybridized carbons (Fsp3) is 0. The molecule has 0 aliphatic rings. The molecule has 0 bridgehead atoms. The van der Waals surface area contributed by atoms with Crippen molar-refractivity contribution in [1.29, 1.82) is 0 Å². The summed E-state index contributed by atoms with van der Waals surface area (Å²) in [6, 6.07) is 7.83. The van der Waals surface area contributed by atoms with Gasteiger partial charge in [0.15, 0.2) is 0 Å². The van der Waals surface area contributed by atoms with Crippen LogP contribution in [-0.4, -0.2) is 9.91 Å². The number of halogens is 1. The molecule has 1 aromatic carbocycles. The van der Waals surface area contributed by atoms with Crippen molar-refractivity contribution in [2.75, 3.05) is 0 Å². The highest BCUT2D eigenvalue weighted by atomic mass is 35.5. The second-order valence-corrected chi connectivity index (χ2v) is 3.54. The van der Waals surface area contributed by atoms with Gasteiger partial charge in [-0.25, -0.2) is 0 Å². The molecule has 0 fully saturated rings. The van der Waals surface area contributed by atoms with Crippen LogP contribution in [0.3, 0.4) is 0 Å². The maximum absolute atomic E-state index is 10.9. The lowest BCUT2D eigenvalue weighted by Crippen LogP contribution is -1.94. The van der Waals surface area contributed by atoms with Crippen molar-refractivity contribution in [2.24, 2.45) is 0 Å². The zero-order chi connectivity index (χ0) is 12.3. The third-order valence-electron chi connectivity index (χ3n) is 1.99. The molecule has 5 nitrogen and oxygen atoms in total. The Balaban J connectivity index is 2.40. The first-order chi connectivity index (χ1) is 8.18. The molecule has 2 rings (SSSR count). The Bertz CT molecular complexity index is 546. The zero-order valence-electron chi connectivity index (χ0n) is 8.54. The predicted octanol–water partition coefficient (Wildman–Crippen LogP) is 3.44. The van der Waals surface area contributed by atoms with Crippen LogP contribution in [0.2, 0.25) is 5.02 Å². The first-order valence-corrected chi connectivity index (χ1v) is 5.07. The highest BCUT2D eigenvalue weighted by Crippen LogP contribution is 2.36. The van der Waals surface area contributed by atoms with E-state index in [-0.39, 0.29) is 16.5 Å². The van der Waals surface area contributed by atoms with Crippen LogP contribution < -0.4 is 4.74 Å². The van der Waals surface area contributed by atoms with E-state index >= 15 is 0 Å². The minimum Gasteiger partial charge on any atom is -0.448 e. The molecule has 0 aliphatic heterocycles. The van der Waals surface area contributed by atoms with E-state index in [2.05, 4.69) is 4.98 Å². The molecule has 0 amide bonds. The molecule has 2 aromatic rings. The zero-order valence-corrected chi connectivity index (χ0v) is 9.29. The Labute approximate surface area is 102 Å². The molecule has 1 heterocycles. The average Bonchev–Trinajstić information content (AvgIpc) is 2.30. The summed E-state index contributed by atoms with van der Waals surface area (Å²) in [5.41, 5.74) is -0.252. The predicted molar refractivity (Wildman–Crippen MR) is 62.4 cm³/mol. The molecule has 0 spiro atoms. The molecular weight excluding hydrogens is 244 g/mol. The number of nitrogens with zero attached hydrogens (tertiary/aromatic N) is 2. The summed E-state index contributed by atoms with van der Waals surface area (Å²) in [4.78, 5) is 14.1. The largest absolute Gasteiger partial charge is 0.448 e. The van der Waals surface area contributed by atoms with Gasteiger partial charge >= 0.3 is 5.69 Å². The first-order valence-electron chi connectivity index (χ1n) is 4.69. The van der Waals surface area contributed by atoms with Gasteiger partial charge < -0.3 is 4.74 Å². The van der Waals surface area contributed by atoms with Gasteiger partial charge in [-0.15, -0.1) is 0 Å². The number of nitro benzene ring substituents is 1. The summed E-state index contributed by atoms with van der Waals surface area (Å²) < 4.78 is 5.36. The molecule has 17 heavy (non-hydrogen) atoms. The third-order valence-corrected chi connectivity index (χ3v) is 2.30. The minimum absolute atomic E-state index is 0.0383. The van der Waals surface area contributed by atoms with Gasteiger partial charge in [0.05, 0.1) is 11.1 Å². The minimum atomic E-state index is -0.575. The van der Waals surface area contributed by atoms with Crippen LogP contribution in [0.4, 0.5) is 5.69 Å². The van der Waals surface area contributed by atoms with Crippen LogP contribution in [0.15, 0.2) is 42.7 Å². The van der Waals surface area contributed by atoms with E-state index < -0.39 is 4.92 Å². The Morgan fingerprint density at radius 2 is 2.12 bits per heavy atom. The molecule has 0 saturated carbocycles. The molecular formula is C11H7ClN2O3. The molecule has 0 radical (unpaired) electrons. The van der Waals surface area contributed by atoms with Gasteiger partial charge in [0, 0.05) is 6.20 Å². The monoisotopic (exact) mass is 250 g/mol. The summed E-state index contributed by atoms with van der Waals surface area (Å²) in [6.07, 6.45) is 3.05. The van der Waals surface area contributed by atoms with Crippen molar-refractivity contribution in [3.63, 3.8) is 0 Å². The van der Waals surface area contributed by atoms with E-state index in [0.717, 1.165) is 0 Å². The molecule has 0 N–H and O–H groups in total. The van der Waals surface area contributed by atoms with Gasteiger partial charge in [-0.05, 0) is 24.3 Å². The van der Waals surface area contributed by atoms with Crippen molar-refractivity contribution in [3.8, 4) is 11.5 Å². The summed E-state index contributed by atoms with van der Waals surface area (Å²) in [5.74, 6) is 0.508. The number of hydrogen-bond acceptors (Lipinski definition) is 4. The van der Waals surface area contributed by atoms with Crippen LogP contribution >= 0.6 is 11.6 Å². The number of para-hydroxylation sites is 1. The van der Waals surface area contributed by atoms with Crippen LogP contribution in [0.25, 0.3) is 0 Å². The molecule has 0 saturated heterocycles. The second-order valence-electron chi connectivity index (χ2n) is 3.13. The fourth-order valence-corrected chi connectivity index (χ4v) is 1.52. The fourth-order valence-electron chi connectivity index (χ4n) is 1.29. The van der Waals surface area contributed by atoms with Crippen LogP contribution in [0.5, 0.6) is 11.5 Å². The van der Waals surface area contributed by atoms with E-state index in [0.29, 0.717) is 5.75 Å². The molecule has 6 heteroatoms. The number of rotatable bonds is 3. The number of aromatic nitrogens is 1. The normalized spacial score (nSPS) is 9.94. The maximum Gasteiger partial charge on any atom is 0.329 e. The summed E-state index contributed by atoms with van der Waals surface area (Å²) >= 11 is 5.75. The molecule has 1 aromatic heterocycles. The topological polar surface area (TPSA) is 65.3 Å². The lowest BCUT2D eigenvalue weighted by Gasteiger charge is -2.06. The van der Waals surface area contributed by atoms with E-state index in [1.807, 2.05) is 0 Å². The lowest BCUT2D eigenvalue weighted by atomic mass is 10.3. The van der Waals surface area contributed by atoms with Crippen LogP contribution in [0.1, 0.15) is 0 Å². The van der Waals surface area contributed by atoms with Crippen LogP contribution in [0, 0.1) is 10.1 Å². The maximum atomic E-state index is 10.9. The van der Waals surface area contributed by atoms with Gasteiger partial charge in [-0.1, -0.05) is 17.7 Å². The van der Waals surface area contributed by atoms with Crippen molar-refractivity contribution in [2.45, 2.75) is 0 Å². The van der Waals surface area contributed by atoms with E-state index in [9.17, 15) is 10.1 Å². The molecule has 0 atom stereocenters. The first kappa shape index (κ1) is 11.3. The Morgan fingerprint density at radius 1 is 1.29 bits per heavy atom. The van der Waals surface area contributed by atoms with Crippen molar-refractivity contribution < 1.29 is 9.66 Å². The highest BCUT2D eigenvalue weighted by molar-refractivity contribution is 6.32. The number of benzene rings is 1. The molecule has 86 valence electrons. The Hall–Kier alpha value is -2.14. The number of nitro groups is 1. The number of hydrogen-bond donors (Lipinski definition) is 0. The van der Waals surface area contributed by atoms with Crippen molar-refractivity contribution >= 4 is 17.3 Å².